The molecule has 2 heterocycles. The van der Waals surface area contributed by atoms with Gasteiger partial charge < -0.3 is 10.1 Å². The Hall–Kier alpha value is -2.42. The Kier molecular flexibility index (Phi) is 5.10. The van der Waals surface area contributed by atoms with Crippen molar-refractivity contribution in [3.8, 4) is 5.82 Å². The number of nitrogens with zero attached hydrogens (tertiary/aromatic N) is 3. The maximum absolute atomic E-state index is 11.8. The van der Waals surface area contributed by atoms with Gasteiger partial charge in [0.25, 0.3) is 5.91 Å². The molecular formula is C13H13F3N4O2. The maximum atomic E-state index is 11.8. The van der Waals surface area contributed by atoms with Gasteiger partial charge in [-0.25, -0.2) is 9.97 Å². The molecule has 1 N–H and O–H groups in total. The number of hydrogen-bond acceptors (Lipinski definition) is 4. The lowest BCUT2D eigenvalue weighted by Crippen LogP contribution is -2.29. The zero-order chi connectivity index (χ0) is 16.0. The minimum Gasteiger partial charge on any atom is -0.370 e. The maximum Gasteiger partial charge on any atom is 0.411 e. The highest BCUT2D eigenvalue weighted by Crippen LogP contribution is 2.14. The highest BCUT2D eigenvalue weighted by atomic mass is 19.4. The SMILES string of the molecule is O=C(NCCOCC(F)(F)F)c1ccc(-n2ccnc2)nc1. The van der Waals surface area contributed by atoms with E-state index in [-0.39, 0.29) is 13.2 Å². The second kappa shape index (κ2) is 7.03. The summed E-state index contributed by atoms with van der Waals surface area (Å²) in [6, 6.07) is 3.20. The number of nitrogens with one attached hydrogen (secondary N) is 1. The number of imidazole rings is 1. The van der Waals surface area contributed by atoms with E-state index < -0.39 is 18.7 Å². The molecule has 0 radical (unpaired) electrons. The number of ether oxygens (including phenoxy) is 1. The lowest BCUT2D eigenvalue weighted by atomic mass is 10.2. The van der Waals surface area contributed by atoms with Gasteiger partial charge in [0, 0.05) is 25.1 Å². The zero-order valence-electron chi connectivity index (χ0n) is 11.4. The van der Waals surface area contributed by atoms with Gasteiger partial charge in [-0.05, 0) is 12.1 Å². The second-order valence-electron chi connectivity index (χ2n) is 4.30. The van der Waals surface area contributed by atoms with Gasteiger partial charge in [0.1, 0.15) is 18.8 Å². The van der Waals surface area contributed by atoms with E-state index in [0.717, 1.165) is 0 Å². The predicted molar refractivity (Wildman–Crippen MR) is 70.6 cm³/mol. The van der Waals surface area contributed by atoms with E-state index >= 15 is 0 Å². The van der Waals surface area contributed by atoms with Crippen LogP contribution in [0.15, 0.2) is 37.1 Å². The standard InChI is InChI=1S/C13H13F3N4O2/c14-13(15,16)8-22-6-4-18-12(21)10-1-2-11(19-7-10)20-5-3-17-9-20/h1-3,5,7,9H,4,6,8H2,(H,18,21). The van der Waals surface area contributed by atoms with Gasteiger partial charge in [-0.3, -0.25) is 9.36 Å². The van der Waals surface area contributed by atoms with Crippen molar-refractivity contribution in [2.45, 2.75) is 6.18 Å². The van der Waals surface area contributed by atoms with Crippen LogP contribution in [0.1, 0.15) is 10.4 Å². The van der Waals surface area contributed by atoms with E-state index in [1.165, 1.54) is 6.20 Å². The molecule has 9 heteroatoms. The van der Waals surface area contributed by atoms with Crippen LogP contribution in [0.4, 0.5) is 13.2 Å². The first-order valence-corrected chi connectivity index (χ1v) is 6.33. The van der Waals surface area contributed by atoms with Crippen LogP contribution in [0.25, 0.3) is 5.82 Å². The first-order valence-electron chi connectivity index (χ1n) is 6.33. The molecule has 2 rings (SSSR count). The third kappa shape index (κ3) is 4.85. The molecule has 0 aromatic carbocycles. The van der Waals surface area contributed by atoms with Gasteiger partial charge in [0.2, 0.25) is 0 Å². The van der Waals surface area contributed by atoms with Crippen molar-refractivity contribution in [2.24, 2.45) is 0 Å². The summed E-state index contributed by atoms with van der Waals surface area (Å²) in [5.74, 6) is 0.169. The number of aromatic nitrogens is 3. The van der Waals surface area contributed by atoms with E-state index in [4.69, 9.17) is 0 Å². The van der Waals surface area contributed by atoms with Gasteiger partial charge in [-0.1, -0.05) is 0 Å². The summed E-state index contributed by atoms with van der Waals surface area (Å²) in [4.78, 5) is 19.7. The molecule has 0 aliphatic rings. The number of carbonyl (C=O) groups excluding carboxylic acids is 1. The normalized spacial score (nSPS) is 11.4. The number of amides is 1. The number of hydrogen-bond donors (Lipinski definition) is 1. The van der Waals surface area contributed by atoms with Crippen LogP contribution < -0.4 is 5.32 Å². The van der Waals surface area contributed by atoms with Crippen molar-refractivity contribution in [1.82, 2.24) is 19.9 Å². The van der Waals surface area contributed by atoms with Gasteiger partial charge in [-0.2, -0.15) is 13.2 Å². The molecular weight excluding hydrogens is 301 g/mol. The van der Waals surface area contributed by atoms with Crippen molar-refractivity contribution in [3.63, 3.8) is 0 Å². The van der Waals surface area contributed by atoms with Gasteiger partial charge in [0.05, 0.1) is 12.2 Å². The lowest BCUT2D eigenvalue weighted by molar-refractivity contribution is -0.173. The molecule has 0 fully saturated rings. The van der Waals surface area contributed by atoms with Gasteiger partial charge >= 0.3 is 6.18 Å². The summed E-state index contributed by atoms with van der Waals surface area (Å²) in [5.41, 5.74) is 0.305. The largest absolute Gasteiger partial charge is 0.411 e. The third-order valence-corrected chi connectivity index (χ3v) is 2.58. The average molecular weight is 314 g/mol. The van der Waals surface area contributed by atoms with Crippen molar-refractivity contribution in [2.75, 3.05) is 19.8 Å². The highest BCUT2D eigenvalue weighted by Gasteiger charge is 2.27. The van der Waals surface area contributed by atoms with E-state index in [0.29, 0.717) is 11.4 Å². The third-order valence-electron chi connectivity index (χ3n) is 2.58. The highest BCUT2D eigenvalue weighted by molar-refractivity contribution is 5.93. The Balaban J connectivity index is 1.78. The number of pyridine rings is 1. The van der Waals surface area contributed by atoms with Crippen molar-refractivity contribution in [1.29, 1.82) is 0 Å². The van der Waals surface area contributed by atoms with Crippen molar-refractivity contribution < 1.29 is 22.7 Å². The molecule has 0 bridgehead atoms. The zero-order valence-corrected chi connectivity index (χ0v) is 11.4. The first-order chi connectivity index (χ1) is 10.5. The van der Waals surface area contributed by atoms with Crippen LogP contribution in [0.2, 0.25) is 0 Å². The Morgan fingerprint density at radius 2 is 2.18 bits per heavy atom. The molecule has 0 saturated heterocycles. The number of rotatable bonds is 6. The molecule has 2 aromatic rings. The topological polar surface area (TPSA) is 69.0 Å². The number of carbonyl (C=O) groups is 1. The summed E-state index contributed by atoms with van der Waals surface area (Å²) in [6.45, 7) is -1.56. The Morgan fingerprint density at radius 3 is 2.77 bits per heavy atom. The van der Waals surface area contributed by atoms with E-state index in [2.05, 4.69) is 20.0 Å². The first kappa shape index (κ1) is 16.0. The number of halogens is 3. The smallest absolute Gasteiger partial charge is 0.370 e. The van der Waals surface area contributed by atoms with Crippen LogP contribution in [0.3, 0.4) is 0 Å². The van der Waals surface area contributed by atoms with E-state index in [1.807, 2.05) is 0 Å². The Bertz CT molecular complexity index is 597. The molecule has 0 atom stereocenters. The summed E-state index contributed by atoms with van der Waals surface area (Å²) in [5, 5.41) is 2.45. The molecule has 0 unspecified atom stereocenters. The van der Waals surface area contributed by atoms with Gasteiger partial charge in [0.15, 0.2) is 0 Å². The predicted octanol–water partition coefficient (Wildman–Crippen LogP) is 1.58. The van der Waals surface area contributed by atoms with Crippen LogP contribution in [0, 0.1) is 0 Å². The molecule has 0 aliphatic heterocycles. The minimum absolute atomic E-state index is 0.0157. The fraction of sp³-hybridized carbons (Fsp3) is 0.308. The van der Waals surface area contributed by atoms with Crippen molar-refractivity contribution >= 4 is 5.91 Å². The second-order valence-corrected chi connectivity index (χ2v) is 4.30. The molecule has 22 heavy (non-hydrogen) atoms. The Morgan fingerprint density at radius 1 is 1.36 bits per heavy atom. The lowest BCUT2D eigenvalue weighted by Gasteiger charge is -2.08. The van der Waals surface area contributed by atoms with Crippen molar-refractivity contribution in [3.05, 3.63) is 42.6 Å². The molecule has 0 aliphatic carbocycles. The van der Waals surface area contributed by atoms with E-state index in [9.17, 15) is 18.0 Å². The molecule has 6 nitrogen and oxygen atoms in total. The number of alkyl halides is 3. The molecule has 2 aromatic heterocycles. The minimum atomic E-state index is -4.36. The monoisotopic (exact) mass is 314 g/mol. The summed E-state index contributed by atoms with van der Waals surface area (Å²) < 4.78 is 41.6. The van der Waals surface area contributed by atoms with Crippen LogP contribution >= 0.6 is 0 Å². The average Bonchev–Trinajstić information content (AvgIpc) is 3.00. The van der Waals surface area contributed by atoms with Crippen LogP contribution in [-0.2, 0) is 4.74 Å². The summed E-state index contributed by atoms with van der Waals surface area (Å²) in [6.07, 6.45) is 1.89. The molecule has 118 valence electrons. The van der Waals surface area contributed by atoms with Gasteiger partial charge in [-0.15, -0.1) is 0 Å². The summed E-state index contributed by atoms with van der Waals surface area (Å²) in [7, 11) is 0. The quantitative estimate of drug-likeness (QED) is 0.822. The van der Waals surface area contributed by atoms with Crippen LogP contribution in [0.5, 0.6) is 0 Å². The summed E-state index contributed by atoms with van der Waals surface area (Å²) >= 11 is 0. The van der Waals surface area contributed by atoms with Crippen LogP contribution in [-0.4, -0.2) is 46.4 Å². The van der Waals surface area contributed by atoms with E-state index in [1.54, 1.807) is 35.4 Å². The molecule has 0 spiro atoms. The Labute approximate surface area is 123 Å². The molecule has 1 amide bonds. The fourth-order valence-electron chi connectivity index (χ4n) is 1.59. The fourth-order valence-corrected chi connectivity index (χ4v) is 1.59. The molecule has 0 saturated carbocycles.